The van der Waals surface area contributed by atoms with Crippen LogP contribution in [0.5, 0.6) is 11.5 Å². The Morgan fingerprint density at radius 2 is 1.93 bits per heavy atom. The number of benzene rings is 1. The average molecular weight is 433 g/mol. The standard InChI is InChI=1S/C19H25ClN8O2/c1-2-28-18-16(26-27-28)17(22-9-10-7-15(30)13(20)8-14(10)29)24-19(25-18)23-12-5-3-11(21)4-6-12/h7-8,11-12,29-30H,2-6,9,21H2,1H3,(H2,22,23,24,25). The van der Waals surface area contributed by atoms with Gasteiger partial charge in [-0.15, -0.1) is 5.10 Å². The second-order valence-corrected chi connectivity index (χ2v) is 7.92. The molecule has 0 aliphatic heterocycles. The third kappa shape index (κ3) is 4.19. The van der Waals surface area contributed by atoms with Crippen LogP contribution in [-0.2, 0) is 13.1 Å². The first-order chi connectivity index (χ1) is 14.4. The Kier molecular flexibility index (Phi) is 5.78. The summed E-state index contributed by atoms with van der Waals surface area (Å²) in [4.78, 5) is 9.21. The summed E-state index contributed by atoms with van der Waals surface area (Å²) in [5.74, 6) is 0.854. The third-order valence-corrected chi connectivity index (χ3v) is 5.66. The molecule has 0 unspecified atom stereocenters. The number of phenolic OH excluding ortho intramolecular Hbond substituents is 2. The molecule has 1 aliphatic carbocycles. The summed E-state index contributed by atoms with van der Waals surface area (Å²) in [5, 5.41) is 35.0. The van der Waals surface area contributed by atoms with E-state index in [1.54, 1.807) is 4.68 Å². The second kappa shape index (κ2) is 8.49. The Hall–Kier alpha value is -2.85. The Balaban J connectivity index is 1.61. The monoisotopic (exact) mass is 432 g/mol. The lowest BCUT2D eigenvalue weighted by Crippen LogP contribution is -2.33. The number of anilines is 2. The molecule has 11 heteroatoms. The highest BCUT2D eigenvalue weighted by Crippen LogP contribution is 2.32. The Bertz CT molecular complexity index is 1050. The molecule has 1 aliphatic rings. The van der Waals surface area contributed by atoms with Crippen molar-refractivity contribution in [2.45, 2.75) is 57.8 Å². The fourth-order valence-corrected chi connectivity index (χ4v) is 3.78. The van der Waals surface area contributed by atoms with Crippen LogP contribution in [-0.4, -0.2) is 47.3 Å². The van der Waals surface area contributed by atoms with Gasteiger partial charge in [-0.05, 0) is 38.7 Å². The van der Waals surface area contributed by atoms with Gasteiger partial charge in [0, 0.05) is 36.8 Å². The first-order valence-electron chi connectivity index (χ1n) is 10.0. The Labute approximate surface area is 178 Å². The van der Waals surface area contributed by atoms with Crippen molar-refractivity contribution in [2.75, 3.05) is 10.6 Å². The smallest absolute Gasteiger partial charge is 0.227 e. The molecular weight excluding hydrogens is 408 g/mol. The lowest BCUT2D eigenvalue weighted by atomic mass is 9.92. The van der Waals surface area contributed by atoms with Gasteiger partial charge in [0.25, 0.3) is 0 Å². The van der Waals surface area contributed by atoms with E-state index in [2.05, 4.69) is 30.9 Å². The molecule has 2 heterocycles. The van der Waals surface area contributed by atoms with Crippen LogP contribution in [0, 0.1) is 0 Å². The maximum Gasteiger partial charge on any atom is 0.227 e. The van der Waals surface area contributed by atoms with Crippen molar-refractivity contribution in [2.24, 2.45) is 5.73 Å². The van der Waals surface area contributed by atoms with Crippen molar-refractivity contribution in [3.63, 3.8) is 0 Å². The first kappa shape index (κ1) is 20.4. The highest BCUT2D eigenvalue weighted by Gasteiger charge is 2.21. The van der Waals surface area contributed by atoms with Crippen LogP contribution < -0.4 is 16.4 Å². The zero-order chi connectivity index (χ0) is 21.3. The minimum Gasteiger partial charge on any atom is -0.508 e. The van der Waals surface area contributed by atoms with Crippen LogP contribution in [0.4, 0.5) is 11.8 Å². The van der Waals surface area contributed by atoms with Crippen LogP contribution in [0.2, 0.25) is 5.02 Å². The quantitative estimate of drug-likeness (QED) is 0.370. The van der Waals surface area contributed by atoms with Gasteiger partial charge in [0.1, 0.15) is 11.5 Å². The first-order valence-corrected chi connectivity index (χ1v) is 10.4. The van der Waals surface area contributed by atoms with Gasteiger partial charge in [-0.3, -0.25) is 0 Å². The SMILES string of the molecule is CCn1nnc2c(NCc3cc(O)c(Cl)cc3O)nc(NC3CCC(N)CC3)nc21. The van der Waals surface area contributed by atoms with Crippen LogP contribution in [0.15, 0.2) is 12.1 Å². The molecule has 2 aromatic heterocycles. The van der Waals surface area contributed by atoms with E-state index in [1.807, 2.05) is 6.92 Å². The predicted octanol–water partition coefficient (Wildman–Crippen LogP) is 2.60. The van der Waals surface area contributed by atoms with Crippen molar-refractivity contribution >= 4 is 34.5 Å². The number of hydrogen-bond acceptors (Lipinski definition) is 9. The molecule has 10 nitrogen and oxygen atoms in total. The van der Waals surface area contributed by atoms with Crippen LogP contribution in [0.25, 0.3) is 11.2 Å². The lowest BCUT2D eigenvalue weighted by Gasteiger charge is -2.26. The maximum atomic E-state index is 10.1. The number of nitrogens with zero attached hydrogens (tertiary/aromatic N) is 5. The van der Waals surface area contributed by atoms with E-state index in [1.165, 1.54) is 12.1 Å². The minimum absolute atomic E-state index is 0.0234. The molecule has 0 bridgehead atoms. The molecule has 3 aromatic rings. The Morgan fingerprint density at radius 1 is 1.17 bits per heavy atom. The molecule has 1 aromatic carbocycles. The third-order valence-electron chi connectivity index (χ3n) is 5.36. The van der Waals surface area contributed by atoms with E-state index < -0.39 is 0 Å². The fraction of sp³-hybridized carbons (Fsp3) is 0.474. The molecule has 6 N–H and O–H groups in total. The molecule has 1 fully saturated rings. The van der Waals surface area contributed by atoms with E-state index in [-0.39, 0.29) is 35.2 Å². The molecule has 1 saturated carbocycles. The van der Waals surface area contributed by atoms with E-state index in [0.717, 1.165) is 25.7 Å². The number of aromatic nitrogens is 5. The van der Waals surface area contributed by atoms with Gasteiger partial charge < -0.3 is 26.6 Å². The van der Waals surface area contributed by atoms with Crippen molar-refractivity contribution in [3.8, 4) is 11.5 Å². The second-order valence-electron chi connectivity index (χ2n) is 7.52. The minimum atomic E-state index is -0.103. The summed E-state index contributed by atoms with van der Waals surface area (Å²) >= 11 is 5.83. The normalized spacial score (nSPS) is 19.2. The van der Waals surface area contributed by atoms with Crippen molar-refractivity contribution in [1.29, 1.82) is 0 Å². The van der Waals surface area contributed by atoms with Crippen LogP contribution in [0.1, 0.15) is 38.2 Å². The number of fused-ring (bicyclic) bond motifs is 1. The molecular formula is C19H25ClN8O2. The fourth-order valence-electron chi connectivity index (χ4n) is 3.62. The van der Waals surface area contributed by atoms with E-state index in [0.29, 0.717) is 35.0 Å². The topological polar surface area (TPSA) is 147 Å². The number of rotatable bonds is 6. The number of aromatic hydroxyl groups is 2. The number of aryl methyl sites for hydroxylation is 1. The van der Waals surface area contributed by atoms with Gasteiger partial charge in [-0.25, -0.2) is 4.68 Å². The lowest BCUT2D eigenvalue weighted by molar-refractivity contribution is 0.410. The number of hydrogen-bond donors (Lipinski definition) is 5. The van der Waals surface area contributed by atoms with Gasteiger partial charge in [-0.2, -0.15) is 9.97 Å². The maximum absolute atomic E-state index is 10.1. The molecule has 160 valence electrons. The molecule has 0 atom stereocenters. The largest absolute Gasteiger partial charge is 0.508 e. The van der Waals surface area contributed by atoms with E-state index in [4.69, 9.17) is 17.3 Å². The molecule has 0 spiro atoms. The van der Waals surface area contributed by atoms with Gasteiger partial charge >= 0.3 is 0 Å². The summed E-state index contributed by atoms with van der Waals surface area (Å²) in [6.45, 7) is 2.80. The van der Waals surface area contributed by atoms with Gasteiger partial charge in [0.05, 0.1) is 5.02 Å². The zero-order valence-electron chi connectivity index (χ0n) is 16.6. The van der Waals surface area contributed by atoms with Gasteiger partial charge in [-0.1, -0.05) is 16.8 Å². The van der Waals surface area contributed by atoms with E-state index >= 15 is 0 Å². The predicted molar refractivity (Wildman–Crippen MR) is 115 cm³/mol. The summed E-state index contributed by atoms with van der Waals surface area (Å²) < 4.78 is 1.70. The van der Waals surface area contributed by atoms with Crippen LogP contribution >= 0.6 is 11.6 Å². The highest BCUT2D eigenvalue weighted by atomic mass is 35.5. The Morgan fingerprint density at radius 3 is 2.67 bits per heavy atom. The van der Waals surface area contributed by atoms with Gasteiger partial charge in [0.15, 0.2) is 17.0 Å². The number of halogens is 1. The summed E-state index contributed by atoms with van der Waals surface area (Å²) in [7, 11) is 0. The molecule has 4 rings (SSSR count). The molecule has 0 amide bonds. The highest BCUT2D eigenvalue weighted by molar-refractivity contribution is 6.32. The van der Waals surface area contributed by atoms with Crippen molar-refractivity contribution < 1.29 is 10.2 Å². The van der Waals surface area contributed by atoms with E-state index in [9.17, 15) is 10.2 Å². The zero-order valence-corrected chi connectivity index (χ0v) is 17.4. The summed E-state index contributed by atoms with van der Waals surface area (Å²) in [6.07, 6.45) is 3.88. The van der Waals surface area contributed by atoms with Crippen LogP contribution in [0.3, 0.4) is 0 Å². The van der Waals surface area contributed by atoms with Crippen molar-refractivity contribution in [1.82, 2.24) is 25.0 Å². The van der Waals surface area contributed by atoms with Crippen molar-refractivity contribution in [3.05, 3.63) is 22.7 Å². The number of nitrogens with one attached hydrogen (secondary N) is 2. The molecule has 0 radical (unpaired) electrons. The summed E-state index contributed by atoms with van der Waals surface area (Å²) in [5.41, 5.74) is 7.63. The molecule has 30 heavy (non-hydrogen) atoms. The van der Waals surface area contributed by atoms with Gasteiger partial charge in [0.2, 0.25) is 5.95 Å². The summed E-state index contributed by atoms with van der Waals surface area (Å²) in [6, 6.07) is 3.24. The average Bonchev–Trinajstić information content (AvgIpc) is 3.14. The number of phenols is 2. The number of nitrogens with two attached hydrogens (primary N) is 1. The molecule has 0 saturated heterocycles.